The molecule has 0 saturated heterocycles. The van der Waals surface area contributed by atoms with Crippen LogP contribution in [0.1, 0.15) is 187 Å². The van der Waals surface area contributed by atoms with E-state index in [-0.39, 0.29) is 5.97 Å². The largest absolute Gasteiger partial charge is 0.466 e. The molecule has 0 bridgehead atoms. The van der Waals surface area contributed by atoms with Gasteiger partial charge in [-0.2, -0.15) is 0 Å². The second-order valence-electron chi connectivity index (χ2n) is 14.1. The van der Waals surface area contributed by atoms with Crippen LogP contribution in [0.2, 0.25) is 0 Å². The highest BCUT2D eigenvalue weighted by molar-refractivity contribution is 7.80. The van der Waals surface area contributed by atoms with E-state index >= 15 is 0 Å². The third-order valence-electron chi connectivity index (χ3n) is 8.87. The van der Waals surface area contributed by atoms with Crippen LogP contribution < -0.4 is 5.32 Å². The standard InChI is InChI=1S/C27H55N3O3S.C14H28O/c1-5-6-7-8-9-10-11-12-13-14-15-19-26(31)33-25-18-23-30(22-17-24-32-4)27(34)28-20-16-21-29(2)3;1-2-3-4-5-6-7-8-9-10-11-12-13-14-15/h5-25H2,1-4H3,(H,28,34);14H,2-13H2,1H3. The fourth-order valence-electron chi connectivity index (χ4n) is 5.76. The summed E-state index contributed by atoms with van der Waals surface area (Å²) in [6, 6.07) is 0. The van der Waals surface area contributed by atoms with Gasteiger partial charge in [0.2, 0.25) is 0 Å². The summed E-state index contributed by atoms with van der Waals surface area (Å²) in [4.78, 5) is 26.4. The summed E-state index contributed by atoms with van der Waals surface area (Å²) in [5, 5.41) is 4.14. The zero-order chi connectivity index (χ0) is 36.5. The quantitative estimate of drug-likeness (QED) is 0.0298. The van der Waals surface area contributed by atoms with Gasteiger partial charge in [-0.25, -0.2) is 0 Å². The number of aldehydes is 1. The number of unbranched alkanes of at least 4 members (excludes halogenated alkanes) is 21. The highest BCUT2D eigenvalue weighted by Crippen LogP contribution is 2.13. The van der Waals surface area contributed by atoms with Gasteiger partial charge >= 0.3 is 5.97 Å². The van der Waals surface area contributed by atoms with E-state index in [0.717, 1.165) is 82.5 Å². The molecular weight excluding hydrogens is 631 g/mol. The summed E-state index contributed by atoms with van der Waals surface area (Å²) in [6.07, 6.45) is 34.2. The first-order valence-electron chi connectivity index (χ1n) is 20.7. The number of carbonyl (C=O) groups is 2. The summed E-state index contributed by atoms with van der Waals surface area (Å²) in [7, 11) is 5.87. The van der Waals surface area contributed by atoms with Crippen molar-refractivity contribution in [3.63, 3.8) is 0 Å². The number of thiocarbonyl (C=S) groups is 1. The highest BCUT2D eigenvalue weighted by Gasteiger charge is 2.10. The van der Waals surface area contributed by atoms with Crippen LogP contribution in [-0.4, -0.2) is 87.8 Å². The first-order chi connectivity index (χ1) is 23.9. The van der Waals surface area contributed by atoms with E-state index < -0.39 is 0 Å². The maximum absolute atomic E-state index is 12.0. The maximum Gasteiger partial charge on any atom is 0.305 e. The molecule has 0 atom stereocenters. The number of hydrogen-bond donors (Lipinski definition) is 1. The molecule has 0 unspecified atom stereocenters. The van der Waals surface area contributed by atoms with Gasteiger partial charge in [-0.15, -0.1) is 0 Å². The van der Waals surface area contributed by atoms with Crippen molar-refractivity contribution in [1.29, 1.82) is 0 Å². The molecule has 0 amide bonds. The zero-order valence-corrected chi connectivity index (χ0v) is 34.2. The summed E-state index contributed by atoms with van der Waals surface area (Å²) in [5.41, 5.74) is 0. The van der Waals surface area contributed by atoms with Crippen LogP contribution in [0.4, 0.5) is 0 Å². The predicted octanol–water partition coefficient (Wildman–Crippen LogP) is 10.7. The molecule has 0 aromatic rings. The van der Waals surface area contributed by atoms with Gasteiger partial charge in [0.25, 0.3) is 0 Å². The molecule has 0 fully saturated rings. The van der Waals surface area contributed by atoms with Gasteiger partial charge in [-0.05, 0) is 65.0 Å². The van der Waals surface area contributed by atoms with Gasteiger partial charge < -0.3 is 29.4 Å². The van der Waals surface area contributed by atoms with Gasteiger partial charge in [0.15, 0.2) is 5.11 Å². The van der Waals surface area contributed by atoms with E-state index in [9.17, 15) is 9.59 Å². The normalized spacial score (nSPS) is 10.9. The highest BCUT2D eigenvalue weighted by atomic mass is 32.1. The zero-order valence-electron chi connectivity index (χ0n) is 33.3. The Bertz CT molecular complexity index is 696. The van der Waals surface area contributed by atoms with Crippen molar-refractivity contribution >= 4 is 29.6 Å². The lowest BCUT2D eigenvalue weighted by Crippen LogP contribution is -2.42. The van der Waals surface area contributed by atoms with E-state index in [0.29, 0.717) is 19.6 Å². The van der Waals surface area contributed by atoms with Crippen LogP contribution in [0.15, 0.2) is 0 Å². The van der Waals surface area contributed by atoms with Gasteiger partial charge in [-0.1, -0.05) is 142 Å². The Kier molecular flexibility index (Phi) is 43.7. The summed E-state index contributed by atoms with van der Waals surface area (Å²) in [6.45, 7) is 9.24. The van der Waals surface area contributed by atoms with Crippen molar-refractivity contribution in [2.24, 2.45) is 0 Å². The number of carbonyl (C=O) groups excluding carboxylic acids is 2. The first-order valence-corrected chi connectivity index (χ1v) is 21.1. The maximum atomic E-state index is 12.0. The molecule has 0 aromatic heterocycles. The molecule has 7 nitrogen and oxygen atoms in total. The number of ether oxygens (including phenoxy) is 2. The Morgan fingerprint density at radius 3 is 1.51 bits per heavy atom. The number of esters is 1. The number of methoxy groups -OCH3 is 1. The van der Waals surface area contributed by atoms with E-state index in [4.69, 9.17) is 21.7 Å². The number of rotatable bonds is 36. The molecule has 0 saturated carbocycles. The van der Waals surface area contributed by atoms with E-state index in [1.165, 1.54) is 122 Å². The molecule has 0 heterocycles. The van der Waals surface area contributed by atoms with Gasteiger partial charge in [0.05, 0.1) is 6.61 Å². The average Bonchev–Trinajstić information content (AvgIpc) is 3.09. The van der Waals surface area contributed by atoms with Crippen molar-refractivity contribution < 1.29 is 19.1 Å². The van der Waals surface area contributed by atoms with Gasteiger partial charge in [0.1, 0.15) is 6.29 Å². The monoisotopic (exact) mass is 714 g/mol. The second-order valence-corrected chi connectivity index (χ2v) is 14.5. The number of hydrogen-bond acceptors (Lipinski definition) is 6. The van der Waals surface area contributed by atoms with Crippen molar-refractivity contribution in [1.82, 2.24) is 15.1 Å². The van der Waals surface area contributed by atoms with Crippen LogP contribution in [-0.2, 0) is 19.1 Å². The SMILES string of the molecule is CCCCCCCCCCCCCC(=O)OCCCN(CCCOC)C(=S)NCCCN(C)C.CCCCCCCCCCCCCC=O. The number of nitrogens with zero attached hydrogens (tertiary/aromatic N) is 2. The lowest BCUT2D eigenvalue weighted by Gasteiger charge is -2.26. The van der Waals surface area contributed by atoms with Crippen molar-refractivity contribution in [2.45, 2.75) is 187 Å². The van der Waals surface area contributed by atoms with Crippen LogP contribution >= 0.6 is 12.2 Å². The van der Waals surface area contributed by atoms with Crippen LogP contribution in [0, 0.1) is 0 Å². The van der Waals surface area contributed by atoms with E-state index in [1.54, 1.807) is 7.11 Å². The Balaban J connectivity index is 0. The molecular formula is C41H83N3O4S. The molecule has 0 rings (SSSR count). The molecule has 49 heavy (non-hydrogen) atoms. The fraction of sp³-hybridized carbons (Fsp3) is 0.927. The Hall–Kier alpha value is -1.25. The molecule has 0 aliphatic carbocycles. The van der Waals surface area contributed by atoms with Gasteiger partial charge in [0, 0.05) is 46.2 Å². The fourth-order valence-corrected chi connectivity index (χ4v) is 6.04. The van der Waals surface area contributed by atoms with E-state index in [2.05, 4.69) is 43.1 Å². The number of nitrogens with one attached hydrogen (secondary N) is 1. The smallest absolute Gasteiger partial charge is 0.305 e. The molecule has 0 aromatic carbocycles. The Morgan fingerprint density at radius 1 is 0.612 bits per heavy atom. The van der Waals surface area contributed by atoms with Crippen molar-refractivity contribution in [3.8, 4) is 0 Å². The third-order valence-corrected chi connectivity index (χ3v) is 9.27. The Labute approximate surface area is 310 Å². The molecule has 0 radical (unpaired) electrons. The minimum Gasteiger partial charge on any atom is -0.466 e. The third kappa shape index (κ3) is 42.8. The lowest BCUT2D eigenvalue weighted by atomic mass is 10.1. The van der Waals surface area contributed by atoms with Gasteiger partial charge in [-0.3, -0.25) is 4.79 Å². The average molecular weight is 714 g/mol. The molecule has 1 N–H and O–H groups in total. The minimum absolute atomic E-state index is 0.0637. The molecule has 8 heteroatoms. The van der Waals surface area contributed by atoms with Crippen LogP contribution in [0.3, 0.4) is 0 Å². The molecule has 292 valence electrons. The molecule has 0 spiro atoms. The van der Waals surface area contributed by atoms with Crippen molar-refractivity contribution in [3.05, 3.63) is 0 Å². The Morgan fingerprint density at radius 2 is 1.06 bits per heavy atom. The first kappa shape index (κ1) is 49.9. The van der Waals surface area contributed by atoms with Crippen LogP contribution in [0.5, 0.6) is 0 Å². The van der Waals surface area contributed by atoms with Crippen LogP contribution in [0.25, 0.3) is 0 Å². The van der Waals surface area contributed by atoms with E-state index in [1.807, 2.05) is 0 Å². The second kappa shape index (κ2) is 42.9. The molecule has 0 aliphatic heterocycles. The minimum atomic E-state index is -0.0637. The lowest BCUT2D eigenvalue weighted by molar-refractivity contribution is -0.143. The molecule has 0 aliphatic rings. The summed E-state index contributed by atoms with van der Waals surface area (Å²) < 4.78 is 10.6. The van der Waals surface area contributed by atoms with Crippen molar-refractivity contribution in [2.75, 3.05) is 60.6 Å². The topological polar surface area (TPSA) is 71.1 Å². The predicted molar refractivity (Wildman–Crippen MR) is 216 cm³/mol. The summed E-state index contributed by atoms with van der Waals surface area (Å²) >= 11 is 5.59. The summed E-state index contributed by atoms with van der Waals surface area (Å²) in [5.74, 6) is -0.0637.